The highest BCUT2D eigenvalue weighted by Gasteiger charge is 2.49. The van der Waals surface area contributed by atoms with Crippen LogP contribution in [0.15, 0.2) is 23.0 Å². The van der Waals surface area contributed by atoms with Crippen molar-refractivity contribution in [3.05, 3.63) is 34.0 Å². The first-order valence-electron chi connectivity index (χ1n) is 9.43. The van der Waals surface area contributed by atoms with E-state index in [1.54, 1.807) is 0 Å². The number of aryl methyl sites for hydroxylation is 1. The van der Waals surface area contributed by atoms with Crippen molar-refractivity contribution >= 4 is 12.0 Å². The summed E-state index contributed by atoms with van der Waals surface area (Å²) in [6, 6.07) is 1.65. The van der Waals surface area contributed by atoms with E-state index in [2.05, 4.69) is 19.6 Å². The lowest BCUT2D eigenvalue weighted by molar-refractivity contribution is -0.706. The van der Waals surface area contributed by atoms with Crippen LogP contribution >= 0.6 is 0 Å². The average Bonchev–Trinajstić information content (AvgIpc) is 2.73. The summed E-state index contributed by atoms with van der Waals surface area (Å²) in [6.07, 6.45) is -12.2. The van der Waals surface area contributed by atoms with Crippen LogP contribution in [0.3, 0.4) is 0 Å². The summed E-state index contributed by atoms with van der Waals surface area (Å²) in [7, 11) is 1.24. The fourth-order valence-electron chi connectivity index (χ4n) is 2.75. The Balaban J connectivity index is 2.30. The second kappa shape index (κ2) is 10.7. The molecule has 0 aliphatic carbocycles. The molecule has 1 atom stereocenters. The minimum atomic E-state index is -5.08. The number of esters is 1. The number of nitrogens with zero attached hydrogens (tertiary/aromatic N) is 3. The molecule has 10 nitrogen and oxygen atoms in total. The normalized spacial score (nSPS) is 16.2. The molecular weight excluding hydrogens is 484 g/mol. The summed E-state index contributed by atoms with van der Waals surface area (Å²) >= 11 is 0. The van der Waals surface area contributed by atoms with Gasteiger partial charge in [-0.3, -0.25) is 0 Å². The van der Waals surface area contributed by atoms with Crippen LogP contribution in [0, 0.1) is 5.21 Å². The van der Waals surface area contributed by atoms with Crippen LogP contribution in [0.5, 0.6) is 11.5 Å². The summed E-state index contributed by atoms with van der Waals surface area (Å²) in [5.41, 5.74) is -1.36. The minimum absolute atomic E-state index is 0.00134. The third-order valence-corrected chi connectivity index (χ3v) is 4.23. The lowest BCUT2D eigenvalue weighted by Crippen LogP contribution is -2.41. The third-order valence-electron chi connectivity index (χ3n) is 4.23. The summed E-state index contributed by atoms with van der Waals surface area (Å²) in [4.78, 5) is 16.6. The zero-order valence-electron chi connectivity index (χ0n) is 17.6. The van der Waals surface area contributed by atoms with Gasteiger partial charge in [-0.1, -0.05) is 6.92 Å². The summed E-state index contributed by atoms with van der Waals surface area (Å²) in [6.45, 7) is -0.0994. The van der Waals surface area contributed by atoms with Gasteiger partial charge in [0.1, 0.15) is 11.5 Å². The van der Waals surface area contributed by atoms with E-state index in [1.165, 1.54) is 14.0 Å². The van der Waals surface area contributed by atoms with Gasteiger partial charge in [0.05, 0.1) is 30.7 Å². The van der Waals surface area contributed by atoms with Gasteiger partial charge < -0.3 is 29.4 Å². The molecule has 1 aromatic carbocycles. The van der Waals surface area contributed by atoms with Crippen molar-refractivity contribution in [2.45, 2.75) is 32.0 Å². The first-order valence-corrected chi connectivity index (χ1v) is 9.43. The molecule has 1 aromatic rings. The van der Waals surface area contributed by atoms with Gasteiger partial charge >= 0.3 is 18.5 Å². The van der Waals surface area contributed by atoms with Crippen LogP contribution in [0.4, 0.5) is 26.3 Å². The molecule has 0 unspecified atom stereocenters. The second-order valence-electron chi connectivity index (χ2n) is 6.66. The van der Waals surface area contributed by atoms with Gasteiger partial charge in [-0.15, -0.1) is 18.2 Å². The van der Waals surface area contributed by atoms with Crippen molar-refractivity contribution in [2.75, 3.05) is 27.0 Å². The first-order chi connectivity index (χ1) is 15.8. The molecule has 1 aliphatic rings. The van der Waals surface area contributed by atoms with Gasteiger partial charge in [-0.2, -0.15) is 13.2 Å². The number of halogens is 6. The average molecular weight is 503 g/mol. The second-order valence-corrected chi connectivity index (χ2v) is 6.66. The Kier molecular flexibility index (Phi) is 8.41. The van der Waals surface area contributed by atoms with Gasteiger partial charge in [0.25, 0.3) is 6.79 Å². The number of benzene rings is 1. The highest BCUT2D eigenvalue weighted by molar-refractivity contribution is 5.96. The molecule has 0 bridgehead atoms. The minimum Gasteiger partial charge on any atom is -0.569 e. The number of hydrazine groups is 1. The molecule has 0 amide bonds. The van der Waals surface area contributed by atoms with Crippen LogP contribution in [0.25, 0.3) is 6.08 Å². The number of fused-ring (bicyclic) bond motifs is 1. The quantitative estimate of drug-likeness (QED) is 0.104. The maximum Gasteiger partial charge on any atom is 0.573 e. The van der Waals surface area contributed by atoms with Gasteiger partial charge in [-0.05, 0) is 30.2 Å². The number of hydrogen-bond donors (Lipinski definition) is 1. The first kappa shape index (κ1) is 26.8. The number of alkyl halides is 6. The van der Waals surface area contributed by atoms with E-state index in [-0.39, 0.29) is 41.4 Å². The Morgan fingerprint density at radius 1 is 1.29 bits per heavy atom. The fraction of sp³-hybridized carbons (Fsp3) is 0.500. The highest BCUT2D eigenvalue weighted by atomic mass is 19.4. The molecule has 16 heteroatoms. The van der Waals surface area contributed by atoms with Crippen molar-refractivity contribution in [2.24, 2.45) is 5.28 Å². The number of aliphatic hydroxyl groups is 1. The van der Waals surface area contributed by atoms with E-state index in [0.717, 1.165) is 17.1 Å². The summed E-state index contributed by atoms with van der Waals surface area (Å²) in [5, 5.41) is 23.9. The molecule has 0 radical (unpaired) electrons. The van der Waals surface area contributed by atoms with E-state index < -0.39 is 42.7 Å². The van der Waals surface area contributed by atoms with Crippen LogP contribution in [-0.4, -0.2) is 66.7 Å². The predicted molar refractivity (Wildman–Crippen MR) is 98.8 cm³/mol. The van der Waals surface area contributed by atoms with E-state index >= 15 is 0 Å². The SMILES string of the molecule is CCc1cc(OC(F)(F)F)cc2c1O[C@H](C(F)(F)F)C(C(=O)OCON=[N+]([O-])N(C)CCO)=C2. The molecule has 1 heterocycles. The van der Waals surface area contributed by atoms with Crippen LogP contribution in [0.1, 0.15) is 18.1 Å². The molecule has 34 heavy (non-hydrogen) atoms. The topological polar surface area (TPSA) is 116 Å². The molecule has 0 fully saturated rings. The summed E-state index contributed by atoms with van der Waals surface area (Å²) in [5.74, 6) is -2.66. The Morgan fingerprint density at radius 2 is 1.97 bits per heavy atom. The number of aliphatic hydroxyl groups excluding tert-OH is 1. The van der Waals surface area contributed by atoms with Crippen molar-refractivity contribution in [3.63, 3.8) is 0 Å². The number of likely N-dealkylation sites (N-methyl/N-ethyl adjacent to an activating group) is 1. The third kappa shape index (κ3) is 7.03. The Morgan fingerprint density at radius 3 is 2.53 bits per heavy atom. The predicted octanol–water partition coefficient (Wildman–Crippen LogP) is 3.09. The van der Waals surface area contributed by atoms with Crippen molar-refractivity contribution in [1.82, 2.24) is 5.01 Å². The maximum absolute atomic E-state index is 13.6. The van der Waals surface area contributed by atoms with Gasteiger partial charge in [0.2, 0.25) is 11.4 Å². The highest BCUT2D eigenvalue weighted by Crippen LogP contribution is 2.42. The molecule has 2 rings (SSSR count). The zero-order chi connectivity index (χ0) is 25.7. The number of carbonyl (C=O) groups is 1. The van der Waals surface area contributed by atoms with Crippen LogP contribution in [0.2, 0.25) is 0 Å². The van der Waals surface area contributed by atoms with Gasteiger partial charge in [0.15, 0.2) is 0 Å². The van der Waals surface area contributed by atoms with Gasteiger partial charge in [0, 0.05) is 5.56 Å². The van der Waals surface area contributed by atoms with E-state index in [9.17, 15) is 36.3 Å². The van der Waals surface area contributed by atoms with Crippen LogP contribution < -0.4 is 9.47 Å². The fourth-order valence-corrected chi connectivity index (χ4v) is 2.75. The van der Waals surface area contributed by atoms with Crippen molar-refractivity contribution in [1.29, 1.82) is 0 Å². The number of ether oxygens (including phenoxy) is 3. The lowest BCUT2D eigenvalue weighted by Gasteiger charge is -2.29. The smallest absolute Gasteiger partial charge is 0.569 e. The number of rotatable bonds is 9. The zero-order valence-corrected chi connectivity index (χ0v) is 17.6. The maximum atomic E-state index is 13.6. The molecule has 0 spiro atoms. The molecule has 1 aliphatic heterocycles. The monoisotopic (exact) mass is 503 g/mol. The van der Waals surface area contributed by atoms with E-state index in [1.807, 2.05) is 0 Å². The van der Waals surface area contributed by atoms with Gasteiger partial charge in [-0.25, -0.2) is 4.79 Å². The molecule has 0 aromatic heterocycles. The van der Waals surface area contributed by atoms with Crippen molar-refractivity contribution in [3.8, 4) is 11.5 Å². The molecule has 0 saturated heterocycles. The van der Waals surface area contributed by atoms with E-state index in [4.69, 9.17) is 9.84 Å². The van der Waals surface area contributed by atoms with E-state index in [0.29, 0.717) is 6.08 Å². The van der Waals surface area contributed by atoms with Crippen molar-refractivity contribution < 1.29 is 60.3 Å². The molecular formula is C18H19F6N3O7. The number of hydrogen-bond acceptors (Lipinski definition) is 8. The largest absolute Gasteiger partial charge is 0.573 e. The number of carbonyl (C=O) groups excluding carboxylic acids is 1. The molecule has 1 N–H and O–H groups in total. The summed E-state index contributed by atoms with van der Waals surface area (Å²) < 4.78 is 91.8. The Hall–Kier alpha value is -3.43. The molecule has 0 saturated carbocycles. The lowest BCUT2D eigenvalue weighted by atomic mass is 9.97. The molecule has 190 valence electrons. The Bertz CT molecular complexity index is 949. The van der Waals surface area contributed by atoms with Crippen LogP contribution in [-0.2, 0) is 20.8 Å². The standard InChI is InChI=1S/C18H19F6N3O7/c1-3-10-6-12(34-18(22,23)24)7-11-8-13(15(17(19,20)21)33-14(10)11)16(29)31-9-32-25-27(30)26(2)4-5-28/h6-8,15,28H,3-5,9H2,1-2H3/t15-/m0/s1. The Labute approximate surface area is 188 Å².